The van der Waals surface area contributed by atoms with Gasteiger partial charge in [-0.1, -0.05) is 36.4 Å². The normalized spacial score (nSPS) is 10.5. The highest BCUT2D eigenvalue weighted by Gasteiger charge is 2.04. The molecule has 25 heavy (non-hydrogen) atoms. The quantitative estimate of drug-likeness (QED) is 0.681. The van der Waals surface area contributed by atoms with Crippen molar-refractivity contribution in [2.24, 2.45) is 0 Å². The predicted molar refractivity (Wildman–Crippen MR) is 105 cm³/mol. The Labute approximate surface area is 149 Å². The van der Waals surface area contributed by atoms with Crippen molar-refractivity contribution < 1.29 is 0 Å². The van der Waals surface area contributed by atoms with Crippen LogP contribution in [0, 0.1) is 20.8 Å². The van der Waals surface area contributed by atoms with E-state index in [0.29, 0.717) is 5.95 Å². The molecule has 128 valence electrons. The lowest BCUT2D eigenvalue weighted by atomic mass is 10.1. The van der Waals surface area contributed by atoms with Crippen LogP contribution in [0.25, 0.3) is 0 Å². The molecule has 0 unspecified atom stereocenters. The smallest absolute Gasteiger partial charge is 0.224 e. The molecular weight excluding hydrogens is 308 g/mol. The van der Waals surface area contributed by atoms with Gasteiger partial charge in [0.15, 0.2) is 0 Å². The Hall–Kier alpha value is -2.88. The fraction of sp³-hybridized carbons (Fsp3) is 0.238. The first kappa shape index (κ1) is 17.0. The minimum absolute atomic E-state index is 0.655. The number of nitrogens with one attached hydrogen (secondary N) is 2. The van der Waals surface area contributed by atoms with Gasteiger partial charge in [0.2, 0.25) is 5.95 Å². The number of nitrogens with zero attached hydrogens (tertiary/aromatic N) is 2. The highest BCUT2D eigenvalue weighted by molar-refractivity contribution is 5.59. The summed E-state index contributed by atoms with van der Waals surface area (Å²) >= 11 is 0. The maximum atomic E-state index is 4.59. The van der Waals surface area contributed by atoms with Crippen molar-refractivity contribution in [2.45, 2.75) is 27.2 Å². The van der Waals surface area contributed by atoms with Gasteiger partial charge in [0, 0.05) is 24.0 Å². The van der Waals surface area contributed by atoms with Crippen LogP contribution in [-0.4, -0.2) is 16.5 Å². The molecule has 4 nitrogen and oxygen atoms in total. The summed E-state index contributed by atoms with van der Waals surface area (Å²) in [5.74, 6) is 1.46. The Balaban J connectivity index is 1.67. The van der Waals surface area contributed by atoms with Gasteiger partial charge in [0.05, 0.1) is 0 Å². The second-order valence-electron chi connectivity index (χ2n) is 6.38. The minimum atomic E-state index is 0.655. The third-order valence-corrected chi connectivity index (χ3v) is 3.89. The summed E-state index contributed by atoms with van der Waals surface area (Å²) in [6.45, 7) is 6.98. The van der Waals surface area contributed by atoms with E-state index in [-0.39, 0.29) is 0 Å². The standard InChI is InChI=1S/C21H24N4/c1-15-11-16(2)13-19(12-15)24-20-14-17(3)23-21(25-20)22-10-9-18-7-5-4-6-8-18/h4-8,11-14H,9-10H2,1-3H3,(H2,22,23,24,25). The summed E-state index contributed by atoms with van der Waals surface area (Å²) in [4.78, 5) is 9.07. The molecule has 0 amide bonds. The second-order valence-corrected chi connectivity index (χ2v) is 6.38. The van der Waals surface area contributed by atoms with E-state index in [9.17, 15) is 0 Å². The second kappa shape index (κ2) is 7.79. The van der Waals surface area contributed by atoms with Crippen LogP contribution in [0.5, 0.6) is 0 Å². The molecule has 4 heteroatoms. The van der Waals surface area contributed by atoms with Crippen molar-refractivity contribution in [2.75, 3.05) is 17.2 Å². The zero-order chi connectivity index (χ0) is 17.6. The van der Waals surface area contributed by atoms with Gasteiger partial charge in [0.25, 0.3) is 0 Å². The molecule has 1 aromatic heterocycles. The first-order chi connectivity index (χ1) is 12.1. The van der Waals surface area contributed by atoms with Crippen molar-refractivity contribution in [1.29, 1.82) is 0 Å². The average molecular weight is 332 g/mol. The first-order valence-corrected chi connectivity index (χ1v) is 8.57. The predicted octanol–water partition coefficient (Wildman–Crippen LogP) is 4.80. The van der Waals surface area contributed by atoms with Crippen molar-refractivity contribution in [3.63, 3.8) is 0 Å². The number of aryl methyl sites for hydroxylation is 3. The molecule has 2 aromatic carbocycles. The molecule has 0 aliphatic rings. The zero-order valence-corrected chi connectivity index (χ0v) is 15.0. The van der Waals surface area contributed by atoms with Crippen LogP contribution in [0.15, 0.2) is 54.6 Å². The minimum Gasteiger partial charge on any atom is -0.354 e. The molecule has 0 bridgehead atoms. The SMILES string of the molecule is Cc1cc(C)cc(Nc2cc(C)nc(NCCc3ccccc3)n2)c1. The lowest BCUT2D eigenvalue weighted by Crippen LogP contribution is -2.09. The van der Waals surface area contributed by atoms with E-state index in [1.165, 1.54) is 16.7 Å². The van der Waals surface area contributed by atoms with Crippen LogP contribution in [0.1, 0.15) is 22.4 Å². The van der Waals surface area contributed by atoms with Gasteiger partial charge in [-0.05, 0) is 56.0 Å². The molecule has 0 saturated heterocycles. The van der Waals surface area contributed by atoms with Gasteiger partial charge < -0.3 is 10.6 Å². The van der Waals surface area contributed by atoms with Gasteiger partial charge in [-0.15, -0.1) is 0 Å². The van der Waals surface area contributed by atoms with Crippen LogP contribution in [0.3, 0.4) is 0 Å². The fourth-order valence-electron chi connectivity index (χ4n) is 2.87. The summed E-state index contributed by atoms with van der Waals surface area (Å²) in [6.07, 6.45) is 0.942. The van der Waals surface area contributed by atoms with E-state index in [1.807, 2.05) is 19.1 Å². The lowest BCUT2D eigenvalue weighted by molar-refractivity contribution is 0.976. The highest BCUT2D eigenvalue weighted by Crippen LogP contribution is 2.19. The largest absolute Gasteiger partial charge is 0.354 e. The van der Waals surface area contributed by atoms with Gasteiger partial charge >= 0.3 is 0 Å². The van der Waals surface area contributed by atoms with Crippen LogP contribution in [0.4, 0.5) is 17.5 Å². The maximum absolute atomic E-state index is 4.59. The Kier molecular flexibility index (Phi) is 5.29. The molecule has 0 atom stereocenters. The van der Waals surface area contributed by atoms with Gasteiger partial charge in [-0.2, -0.15) is 4.98 Å². The summed E-state index contributed by atoms with van der Waals surface area (Å²) in [7, 11) is 0. The molecule has 3 rings (SSSR count). The molecule has 0 aliphatic heterocycles. The van der Waals surface area contributed by atoms with E-state index in [2.05, 4.69) is 76.9 Å². The van der Waals surface area contributed by atoms with Gasteiger partial charge in [-0.25, -0.2) is 4.98 Å². The highest BCUT2D eigenvalue weighted by atomic mass is 15.1. The number of hydrogen-bond donors (Lipinski definition) is 2. The van der Waals surface area contributed by atoms with Gasteiger partial charge in [-0.3, -0.25) is 0 Å². The summed E-state index contributed by atoms with van der Waals surface area (Å²) in [5, 5.41) is 6.70. The summed E-state index contributed by atoms with van der Waals surface area (Å²) in [6, 6.07) is 18.8. The van der Waals surface area contributed by atoms with E-state index in [0.717, 1.165) is 30.2 Å². The average Bonchev–Trinajstić information content (AvgIpc) is 2.54. The molecule has 0 radical (unpaired) electrons. The van der Waals surface area contributed by atoms with E-state index >= 15 is 0 Å². The Morgan fingerprint density at radius 2 is 1.56 bits per heavy atom. The molecule has 0 aliphatic carbocycles. The molecule has 2 N–H and O–H groups in total. The zero-order valence-electron chi connectivity index (χ0n) is 15.0. The van der Waals surface area contributed by atoms with Crippen LogP contribution in [0.2, 0.25) is 0 Å². The number of hydrogen-bond acceptors (Lipinski definition) is 4. The summed E-state index contributed by atoms with van der Waals surface area (Å²) in [5.41, 5.74) is 5.75. The Morgan fingerprint density at radius 1 is 0.840 bits per heavy atom. The van der Waals surface area contributed by atoms with E-state index < -0.39 is 0 Å². The number of aromatic nitrogens is 2. The van der Waals surface area contributed by atoms with E-state index in [1.54, 1.807) is 0 Å². The van der Waals surface area contributed by atoms with Crippen molar-refractivity contribution in [1.82, 2.24) is 9.97 Å². The van der Waals surface area contributed by atoms with Crippen molar-refractivity contribution in [3.05, 3.63) is 77.0 Å². The van der Waals surface area contributed by atoms with Crippen LogP contribution < -0.4 is 10.6 Å². The topological polar surface area (TPSA) is 49.8 Å². The molecule has 3 aromatic rings. The molecular formula is C21H24N4. The Morgan fingerprint density at radius 3 is 2.28 bits per heavy atom. The maximum Gasteiger partial charge on any atom is 0.224 e. The molecule has 0 saturated carbocycles. The summed E-state index contributed by atoms with van der Waals surface area (Å²) < 4.78 is 0. The van der Waals surface area contributed by atoms with Crippen LogP contribution in [-0.2, 0) is 6.42 Å². The van der Waals surface area contributed by atoms with Crippen molar-refractivity contribution in [3.8, 4) is 0 Å². The lowest BCUT2D eigenvalue weighted by Gasteiger charge is -2.11. The third kappa shape index (κ3) is 5.05. The monoisotopic (exact) mass is 332 g/mol. The number of rotatable bonds is 6. The first-order valence-electron chi connectivity index (χ1n) is 8.57. The van der Waals surface area contributed by atoms with Gasteiger partial charge in [0.1, 0.15) is 5.82 Å². The number of anilines is 3. The van der Waals surface area contributed by atoms with E-state index in [4.69, 9.17) is 0 Å². The molecule has 1 heterocycles. The molecule has 0 spiro atoms. The Bertz CT molecular complexity index is 824. The third-order valence-electron chi connectivity index (χ3n) is 3.89. The number of benzene rings is 2. The molecule has 0 fully saturated rings. The van der Waals surface area contributed by atoms with Crippen LogP contribution >= 0.6 is 0 Å². The van der Waals surface area contributed by atoms with Crippen molar-refractivity contribution >= 4 is 17.5 Å². The fourth-order valence-corrected chi connectivity index (χ4v) is 2.87.